The van der Waals surface area contributed by atoms with Crippen molar-refractivity contribution in [2.45, 2.75) is 38.1 Å². The van der Waals surface area contributed by atoms with Gasteiger partial charge in [-0.05, 0) is 49.2 Å². The quantitative estimate of drug-likeness (QED) is 0.564. The van der Waals surface area contributed by atoms with Crippen LogP contribution in [0.25, 0.3) is 0 Å². The molecule has 1 N–H and O–H groups in total. The summed E-state index contributed by atoms with van der Waals surface area (Å²) >= 11 is 0. The molecule has 0 aliphatic heterocycles. The molecule has 0 saturated heterocycles. The third kappa shape index (κ3) is 5.14. The van der Waals surface area contributed by atoms with Crippen LogP contribution in [0.4, 0.5) is 5.69 Å². The summed E-state index contributed by atoms with van der Waals surface area (Å²) in [4.78, 5) is 14.3. The third-order valence-electron chi connectivity index (χ3n) is 5.01. The number of hydrogen-bond donors (Lipinski definition) is 1. The molecule has 1 aliphatic rings. The molecule has 0 spiro atoms. The molecule has 0 radical (unpaired) electrons. The first-order chi connectivity index (χ1) is 13.7. The number of nitriles is 1. The molecule has 0 aromatic heterocycles. The fourth-order valence-electron chi connectivity index (χ4n) is 3.37. The van der Waals surface area contributed by atoms with Gasteiger partial charge in [-0.15, -0.1) is 0 Å². The molecule has 0 atom stereocenters. The van der Waals surface area contributed by atoms with Gasteiger partial charge in [0.05, 0.1) is 0 Å². The summed E-state index contributed by atoms with van der Waals surface area (Å²) in [6.45, 7) is 0. The normalized spacial score (nSPS) is 14.8. The Morgan fingerprint density at radius 1 is 1.07 bits per heavy atom. The maximum Gasteiger partial charge on any atom is 0.266 e. The predicted molar refractivity (Wildman–Crippen MR) is 110 cm³/mol. The molecule has 5 nitrogen and oxygen atoms in total. The predicted octanol–water partition coefficient (Wildman–Crippen LogP) is 5.09. The van der Waals surface area contributed by atoms with Crippen LogP contribution in [0.1, 0.15) is 32.1 Å². The zero-order chi connectivity index (χ0) is 19.8. The second-order valence-corrected chi connectivity index (χ2v) is 6.96. The fraction of sp³-hybridized carbons (Fsp3) is 0.304. The van der Waals surface area contributed by atoms with E-state index in [-0.39, 0.29) is 17.5 Å². The van der Waals surface area contributed by atoms with E-state index in [1.54, 1.807) is 11.9 Å². The zero-order valence-corrected chi connectivity index (χ0v) is 16.1. The van der Waals surface area contributed by atoms with Crippen LogP contribution in [0.5, 0.6) is 11.5 Å². The summed E-state index contributed by atoms with van der Waals surface area (Å²) in [6.07, 6.45) is 7.02. The molecule has 1 amide bonds. The van der Waals surface area contributed by atoms with E-state index in [4.69, 9.17) is 4.74 Å². The summed E-state index contributed by atoms with van der Waals surface area (Å²) in [5, 5.41) is 12.4. The number of nitrogens with zero attached hydrogens (tertiary/aromatic N) is 2. The lowest BCUT2D eigenvalue weighted by Gasteiger charge is -2.31. The lowest BCUT2D eigenvalue weighted by atomic mass is 9.94. The van der Waals surface area contributed by atoms with E-state index in [2.05, 4.69) is 5.32 Å². The average Bonchev–Trinajstić information content (AvgIpc) is 2.76. The first-order valence-corrected chi connectivity index (χ1v) is 9.64. The number of anilines is 1. The molecule has 2 aromatic rings. The van der Waals surface area contributed by atoms with Gasteiger partial charge in [0, 0.05) is 25.0 Å². The number of benzene rings is 2. The van der Waals surface area contributed by atoms with Gasteiger partial charge in [-0.2, -0.15) is 5.26 Å². The topological polar surface area (TPSA) is 65.4 Å². The molecule has 1 saturated carbocycles. The minimum absolute atomic E-state index is 0.109. The largest absolute Gasteiger partial charge is 0.457 e. The summed E-state index contributed by atoms with van der Waals surface area (Å²) in [7, 11) is 1.79. The first kappa shape index (κ1) is 19.5. The number of amides is 1. The average molecular weight is 375 g/mol. The Kier molecular flexibility index (Phi) is 6.69. The van der Waals surface area contributed by atoms with Crippen LogP contribution >= 0.6 is 0 Å². The highest BCUT2D eigenvalue weighted by atomic mass is 16.5. The van der Waals surface area contributed by atoms with Crippen molar-refractivity contribution in [3.8, 4) is 17.6 Å². The molecule has 3 rings (SSSR count). The summed E-state index contributed by atoms with van der Waals surface area (Å²) in [5.74, 6) is 1.26. The number of para-hydroxylation sites is 1. The van der Waals surface area contributed by atoms with Crippen molar-refractivity contribution >= 4 is 11.6 Å². The standard InChI is InChI=1S/C23H25N3O2/c1-26(20-8-4-2-5-9-20)23(27)18(16-24)17-25-19-12-14-22(15-13-19)28-21-10-6-3-7-11-21/h3,6-7,10-15,17,20,25H,2,4-5,8-9H2,1H3/b18-17-. The van der Waals surface area contributed by atoms with Gasteiger partial charge >= 0.3 is 0 Å². The summed E-state index contributed by atoms with van der Waals surface area (Å²) in [5.41, 5.74) is 0.888. The van der Waals surface area contributed by atoms with Crippen LogP contribution in [-0.4, -0.2) is 23.9 Å². The van der Waals surface area contributed by atoms with Crippen molar-refractivity contribution < 1.29 is 9.53 Å². The molecule has 5 heteroatoms. The van der Waals surface area contributed by atoms with E-state index in [9.17, 15) is 10.1 Å². The number of carbonyl (C=O) groups is 1. The van der Waals surface area contributed by atoms with Crippen LogP contribution in [-0.2, 0) is 4.79 Å². The second kappa shape index (κ2) is 9.61. The van der Waals surface area contributed by atoms with Crippen LogP contribution in [0.15, 0.2) is 66.4 Å². The summed E-state index contributed by atoms with van der Waals surface area (Å²) < 4.78 is 5.76. The van der Waals surface area contributed by atoms with E-state index in [0.29, 0.717) is 5.75 Å². The Labute approximate surface area is 166 Å². The van der Waals surface area contributed by atoms with Crippen molar-refractivity contribution in [1.82, 2.24) is 4.90 Å². The molecule has 28 heavy (non-hydrogen) atoms. The number of carbonyl (C=O) groups excluding carboxylic acids is 1. The van der Waals surface area contributed by atoms with Gasteiger partial charge < -0.3 is 15.0 Å². The highest BCUT2D eigenvalue weighted by Crippen LogP contribution is 2.24. The molecular weight excluding hydrogens is 350 g/mol. The highest BCUT2D eigenvalue weighted by Gasteiger charge is 2.24. The van der Waals surface area contributed by atoms with Gasteiger partial charge in [0.25, 0.3) is 5.91 Å². The van der Waals surface area contributed by atoms with E-state index in [1.165, 1.54) is 12.6 Å². The van der Waals surface area contributed by atoms with Crippen LogP contribution < -0.4 is 10.1 Å². The van der Waals surface area contributed by atoms with Crippen molar-refractivity contribution in [2.24, 2.45) is 0 Å². The van der Waals surface area contributed by atoms with Crippen LogP contribution in [0, 0.1) is 11.3 Å². The minimum Gasteiger partial charge on any atom is -0.457 e. The Bertz CT molecular complexity index is 848. The van der Waals surface area contributed by atoms with Crippen molar-refractivity contribution in [1.29, 1.82) is 5.26 Å². The van der Waals surface area contributed by atoms with Gasteiger partial charge in [0.15, 0.2) is 0 Å². The number of rotatable bonds is 6. The smallest absolute Gasteiger partial charge is 0.266 e. The van der Waals surface area contributed by atoms with Gasteiger partial charge in [-0.3, -0.25) is 4.79 Å². The second-order valence-electron chi connectivity index (χ2n) is 6.96. The van der Waals surface area contributed by atoms with Crippen molar-refractivity contribution in [3.63, 3.8) is 0 Å². The lowest BCUT2D eigenvalue weighted by Crippen LogP contribution is -2.39. The van der Waals surface area contributed by atoms with E-state index >= 15 is 0 Å². The third-order valence-corrected chi connectivity index (χ3v) is 5.01. The number of hydrogen-bond acceptors (Lipinski definition) is 4. The lowest BCUT2D eigenvalue weighted by molar-refractivity contribution is -0.128. The molecular formula is C23H25N3O2. The fourth-order valence-corrected chi connectivity index (χ4v) is 3.37. The molecule has 0 bridgehead atoms. The number of nitrogens with one attached hydrogen (secondary N) is 1. The Hall–Kier alpha value is -3.26. The molecule has 144 valence electrons. The SMILES string of the molecule is CN(C(=O)/C(C#N)=C\Nc1ccc(Oc2ccccc2)cc1)C1CCCCC1. The zero-order valence-electron chi connectivity index (χ0n) is 16.1. The maximum atomic E-state index is 12.6. The van der Waals surface area contributed by atoms with E-state index in [0.717, 1.165) is 37.1 Å². The monoisotopic (exact) mass is 375 g/mol. The Morgan fingerprint density at radius 2 is 1.71 bits per heavy atom. The number of likely N-dealkylation sites (N-methyl/N-ethyl adjacent to an activating group) is 1. The van der Waals surface area contributed by atoms with Gasteiger partial charge in [0.1, 0.15) is 23.1 Å². The van der Waals surface area contributed by atoms with E-state index < -0.39 is 0 Å². The van der Waals surface area contributed by atoms with Gasteiger partial charge in [-0.25, -0.2) is 0 Å². The molecule has 2 aromatic carbocycles. The molecule has 1 fully saturated rings. The van der Waals surface area contributed by atoms with Crippen LogP contribution in [0.2, 0.25) is 0 Å². The highest BCUT2D eigenvalue weighted by molar-refractivity contribution is 5.97. The van der Waals surface area contributed by atoms with Gasteiger partial charge in [-0.1, -0.05) is 37.5 Å². The van der Waals surface area contributed by atoms with Crippen molar-refractivity contribution in [3.05, 3.63) is 66.4 Å². The maximum absolute atomic E-state index is 12.6. The molecule has 0 heterocycles. The Balaban J connectivity index is 1.60. The van der Waals surface area contributed by atoms with Crippen molar-refractivity contribution in [2.75, 3.05) is 12.4 Å². The van der Waals surface area contributed by atoms with Gasteiger partial charge in [0.2, 0.25) is 0 Å². The number of ether oxygens (including phenoxy) is 1. The Morgan fingerprint density at radius 3 is 2.36 bits per heavy atom. The summed E-state index contributed by atoms with van der Waals surface area (Å²) in [6, 6.07) is 19.2. The minimum atomic E-state index is -0.231. The molecule has 1 aliphatic carbocycles. The molecule has 0 unspecified atom stereocenters. The van der Waals surface area contributed by atoms with Crippen LogP contribution in [0.3, 0.4) is 0 Å². The first-order valence-electron chi connectivity index (χ1n) is 9.64. The van der Waals surface area contributed by atoms with E-state index in [1.807, 2.05) is 60.7 Å².